The van der Waals surface area contributed by atoms with Crippen molar-refractivity contribution in [2.75, 3.05) is 12.4 Å². The molecule has 0 fully saturated rings. The van der Waals surface area contributed by atoms with E-state index in [9.17, 15) is 18.4 Å². The van der Waals surface area contributed by atoms with Crippen molar-refractivity contribution in [3.8, 4) is 5.75 Å². The Hall–Kier alpha value is -2.18. The number of methoxy groups -OCH3 is 1. The van der Waals surface area contributed by atoms with Gasteiger partial charge in [-0.1, -0.05) is 0 Å². The zero-order valence-corrected chi connectivity index (χ0v) is 8.79. The minimum absolute atomic E-state index is 0.0769. The van der Waals surface area contributed by atoms with Gasteiger partial charge in [-0.15, -0.1) is 0 Å². The molecule has 17 heavy (non-hydrogen) atoms. The molecule has 92 valence electrons. The number of aliphatic carboxylic acids is 1. The van der Waals surface area contributed by atoms with Crippen molar-refractivity contribution >= 4 is 17.6 Å². The summed E-state index contributed by atoms with van der Waals surface area (Å²) in [6.45, 7) is 0. The standard InChI is InChI=1S/C10H9F2NO4/c1-17-7-3-5(2-6(11)10(7)12)13-8(14)4-9(15)16/h2-3H,4H2,1H3,(H,13,14)(H,15,16). The molecule has 2 N–H and O–H groups in total. The molecule has 1 aromatic rings. The van der Waals surface area contributed by atoms with Crippen LogP contribution < -0.4 is 10.1 Å². The quantitative estimate of drug-likeness (QED) is 0.786. The van der Waals surface area contributed by atoms with E-state index in [1.807, 2.05) is 0 Å². The van der Waals surface area contributed by atoms with Crippen LogP contribution >= 0.6 is 0 Å². The summed E-state index contributed by atoms with van der Waals surface area (Å²) >= 11 is 0. The van der Waals surface area contributed by atoms with Crippen LogP contribution in [0.25, 0.3) is 0 Å². The van der Waals surface area contributed by atoms with Crippen LogP contribution in [0.2, 0.25) is 0 Å². The number of halogens is 2. The van der Waals surface area contributed by atoms with Crippen molar-refractivity contribution in [3.63, 3.8) is 0 Å². The van der Waals surface area contributed by atoms with Gasteiger partial charge in [-0.25, -0.2) is 4.39 Å². The second kappa shape index (κ2) is 5.24. The summed E-state index contributed by atoms with van der Waals surface area (Å²) in [5, 5.41) is 10.5. The van der Waals surface area contributed by atoms with E-state index in [4.69, 9.17) is 5.11 Å². The normalized spacial score (nSPS) is 9.82. The molecule has 0 saturated heterocycles. The Labute approximate surface area is 95.0 Å². The lowest BCUT2D eigenvalue weighted by Gasteiger charge is -2.07. The smallest absolute Gasteiger partial charge is 0.312 e. The molecular weight excluding hydrogens is 236 g/mol. The van der Waals surface area contributed by atoms with Gasteiger partial charge in [0.15, 0.2) is 11.6 Å². The van der Waals surface area contributed by atoms with Crippen LogP contribution in [-0.4, -0.2) is 24.1 Å². The first-order chi connectivity index (χ1) is 7.93. The largest absolute Gasteiger partial charge is 0.493 e. The van der Waals surface area contributed by atoms with Crippen molar-refractivity contribution < 1.29 is 28.2 Å². The Morgan fingerprint density at radius 2 is 2.06 bits per heavy atom. The molecule has 7 heteroatoms. The molecule has 0 unspecified atom stereocenters. The fourth-order valence-electron chi connectivity index (χ4n) is 1.13. The van der Waals surface area contributed by atoms with Gasteiger partial charge in [-0.2, -0.15) is 4.39 Å². The Kier molecular flexibility index (Phi) is 3.97. The Morgan fingerprint density at radius 1 is 1.41 bits per heavy atom. The number of carbonyl (C=O) groups is 2. The van der Waals surface area contributed by atoms with Crippen molar-refractivity contribution in [2.45, 2.75) is 6.42 Å². The molecule has 1 rings (SSSR count). The van der Waals surface area contributed by atoms with E-state index in [-0.39, 0.29) is 11.4 Å². The molecule has 0 bridgehead atoms. The number of benzene rings is 1. The summed E-state index contributed by atoms with van der Waals surface area (Å²) in [7, 11) is 1.14. The zero-order chi connectivity index (χ0) is 13.0. The van der Waals surface area contributed by atoms with Crippen LogP contribution in [0.5, 0.6) is 5.75 Å². The lowest BCUT2D eigenvalue weighted by molar-refractivity contribution is -0.139. The van der Waals surface area contributed by atoms with E-state index in [1.54, 1.807) is 0 Å². The van der Waals surface area contributed by atoms with Crippen LogP contribution in [0.4, 0.5) is 14.5 Å². The molecule has 0 spiro atoms. The number of anilines is 1. The molecule has 0 aliphatic rings. The number of amides is 1. The zero-order valence-electron chi connectivity index (χ0n) is 8.79. The molecule has 1 amide bonds. The number of hydrogen-bond acceptors (Lipinski definition) is 3. The topological polar surface area (TPSA) is 75.6 Å². The van der Waals surface area contributed by atoms with Crippen LogP contribution in [-0.2, 0) is 9.59 Å². The highest BCUT2D eigenvalue weighted by molar-refractivity contribution is 6.01. The maximum absolute atomic E-state index is 13.0. The third-order valence-electron chi connectivity index (χ3n) is 1.81. The second-order valence-corrected chi connectivity index (χ2v) is 3.09. The highest BCUT2D eigenvalue weighted by Gasteiger charge is 2.14. The van der Waals surface area contributed by atoms with Gasteiger partial charge >= 0.3 is 5.97 Å². The van der Waals surface area contributed by atoms with Gasteiger partial charge in [0, 0.05) is 17.8 Å². The number of carboxylic acids is 1. The van der Waals surface area contributed by atoms with Crippen molar-refractivity contribution in [1.29, 1.82) is 0 Å². The number of ether oxygens (including phenoxy) is 1. The monoisotopic (exact) mass is 245 g/mol. The van der Waals surface area contributed by atoms with Gasteiger partial charge in [0.05, 0.1) is 7.11 Å². The molecule has 0 heterocycles. The molecule has 0 aliphatic heterocycles. The average molecular weight is 245 g/mol. The number of hydrogen-bond donors (Lipinski definition) is 2. The van der Waals surface area contributed by atoms with Crippen molar-refractivity contribution in [3.05, 3.63) is 23.8 Å². The van der Waals surface area contributed by atoms with Crippen LogP contribution in [0.1, 0.15) is 6.42 Å². The maximum atomic E-state index is 13.0. The van der Waals surface area contributed by atoms with Crippen molar-refractivity contribution in [2.24, 2.45) is 0 Å². The molecule has 0 radical (unpaired) electrons. The van der Waals surface area contributed by atoms with Gasteiger partial charge in [0.1, 0.15) is 6.42 Å². The van der Waals surface area contributed by atoms with Gasteiger partial charge in [0.2, 0.25) is 11.7 Å². The maximum Gasteiger partial charge on any atom is 0.312 e. The summed E-state index contributed by atoms with van der Waals surface area (Å²) in [5.74, 6) is -4.92. The van der Waals surface area contributed by atoms with E-state index in [1.165, 1.54) is 0 Å². The molecule has 5 nitrogen and oxygen atoms in total. The highest BCUT2D eigenvalue weighted by Crippen LogP contribution is 2.24. The third kappa shape index (κ3) is 3.40. The van der Waals surface area contributed by atoms with Crippen LogP contribution in [0.15, 0.2) is 12.1 Å². The molecule has 0 saturated carbocycles. The van der Waals surface area contributed by atoms with Crippen LogP contribution in [0.3, 0.4) is 0 Å². The first kappa shape index (κ1) is 12.9. The molecule has 0 atom stereocenters. The number of carboxylic acid groups (broad SMARTS) is 1. The number of rotatable bonds is 4. The second-order valence-electron chi connectivity index (χ2n) is 3.09. The van der Waals surface area contributed by atoms with Crippen LogP contribution in [0, 0.1) is 11.6 Å². The molecule has 0 aliphatic carbocycles. The lowest BCUT2D eigenvalue weighted by Crippen LogP contribution is -2.16. The molecule has 0 aromatic heterocycles. The summed E-state index contributed by atoms with van der Waals surface area (Å²) in [6, 6.07) is 1.79. The number of nitrogens with one attached hydrogen (secondary N) is 1. The predicted molar refractivity (Wildman–Crippen MR) is 53.8 cm³/mol. The van der Waals surface area contributed by atoms with E-state index < -0.39 is 29.9 Å². The minimum Gasteiger partial charge on any atom is -0.493 e. The van der Waals surface area contributed by atoms with E-state index in [2.05, 4.69) is 10.1 Å². The Balaban J connectivity index is 2.89. The first-order valence-corrected chi connectivity index (χ1v) is 4.48. The Bertz CT molecular complexity index is 462. The fraction of sp³-hybridized carbons (Fsp3) is 0.200. The molecular formula is C10H9F2NO4. The minimum atomic E-state index is -1.32. The van der Waals surface area contributed by atoms with Gasteiger partial charge < -0.3 is 15.2 Å². The van der Waals surface area contributed by atoms with E-state index >= 15 is 0 Å². The average Bonchev–Trinajstić information content (AvgIpc) is 2.21. The number of carbonyl (C=O) groups excluding carboxylic acids is 1. The fourth-order valence-corrected chi connectivity index (χ4v) is 1.13. The summed E-state index contributed by atoms with van der Waals surface area (Å²) in [6.07, 6.45) is -0.763. The van der Waals surface area contributed by atoms with E-state index in [0.29, 0.717) is 0 Å². The van der Waals surface area contributed by atoms with Gasteiger partial charge in [0.25, 0.3) is 0 Å². The van der Waals surface area contributed by atoms with Gasteiger partial charge in [-0.05, 0) is 0 Å². The predicted octanol–water partition coefficient (Wildman–Crippen LogP) is 1.39. The highest BCUT2D eigenvalue weighted by atomic mass is 19.2. The summed E-state index contributed by atoms with van der Waals surface area (Å²) in [4.78, 5) is 21.3. The SMILES string of the molecule is COc1cc(NC(=O)CC(=O)O)cc(F)c1F. The summed E-state index contributed by atoms with van der Waals surface area (Å²) < 4.78 is 30.6. The first-order valence-electron chi connectivity index (χ1n) is 4.48. The Morgan fingerprint density at radius 3 is 2.59 bits per heavy atom. The van der Waals surface area contributed by atoms with E-state index in [0.717, 1.165) is 19.2 Å². The lowest BCUT2D eigenvalue weighted by atomic mass is 10.2. The molecule has 1 aromatic carbocycles. The third-order valence-corrected chi connectivity index (χ3v) is 1.81. The summed E-state index contributed by atoms with van der Waals surface area (Å²) in [5.41, 5.74) is -0.0769. The van der Waals surface area contributed by atoms with Crippen molar-refractivity contribution in [1.82, 2.24) is 0 Å². The van der Waals surface area contributed by atoms with Gasteiger partial charge in [-0.3, -0.25) is 9.59 Å².